The van der Waals surface area contributed by atoms with Gasteiger partial charge in [-0.1, -0.05) is 0 Å². The Bertz CT molecular complexity index is 68.3. The molecule has 0 saturated carbocycles. The van der Waals surface area contributed by atoms with Crippen molar-refractivity contribution >= 4 is 18.5 Å². The van der Waals surface area contributed by atoms with Gasteiger partial charge in [-0.3, -0.25) is 0 Å². The molecule has 0 heterocycles. The minimum atomic E-state index is -3.81. The Hall–Kier alpha value is 1.05. The summed E-state index contributed by atoms with van der Waals surface area (Å²) in [5, 5.41) is 0. The Kier molecular flexibility index (Phi) is 1430. The molecule has 0 fully saturated rings. The molecule has 0 rings (SSSR count). The van der Waals surface area contributed by atoms with Crippen LogP contribution in [0.2, 0.25) is 0 Å². The summed E-state index contributed by atoms with van der Waals surface area (Å²) in [4.78, 5) is 22.7. The molecule has 0 aromatic carbocycles. The topological polar surface area (TPSA) is 439 Å². The Morgan fingerprint density at radius 2 is 0.500 bits per heavy atom. The van der Waals surface area contributed by atoms with E-state index < -0.39 is 6.72 Å². The van der Waals surface area contributed by atoms with Crippen LogP contribution in [0, 0.1) is 0 Å². The van der Waals surface area contributed by atoms with Crippen molar-refractivity contribution in [1.29, 1.82) is 0 Å². The van der Waals surface area contributed by atoms with Crippen LogP contribution in [0.25, 0.3) is 0 Å². The standard InChI is InChI=1S/Na.H3O3PS.12H2O.H/c;1-4(2,3)5;;;;;;;;;;;;;/h;(H3,1,2,3,5);12*1H2;/q+1;;;;;;;;;;;;;;-1. The average molecular weight is 354 g/mol. The summed E-state index contributed by atoms with van der Waals surface area (Å²) >= 11 is 3.60. The molecule has 0 aliphatic rings. The van der Waals surface area contributed by atoms with E-state index in [0.717, 1.165) is 0 Å². The minimum absolute atomic E-state index is 0. The molecule has 0 aromatic rings. The fourth-order valence-electron chi connectivity index (χ4n) is 0. The van der Waals surface area contributed by atoms with E-state index in [1.165, 1.54) is 0 Å². The molecule has 0 saturated heterocycles. The van der Waals surface area contributed by atoms with Crippen LogP contribution in [0.3, 0.4) is 0 Å². The maximum Gasteiger partial charge on any atom is 1.00 e. The third-order valence-corrected chi connectivity index (χ3v) is 0. The second kappa shape index (κ2) is 106. The van der Waals surface area contributed by atoms with E-state index in [1.807, 2.05) is 0 Å². The molecule has 0 atom stereocenters. The molecule has 0 unspecified atom stereocenters. The Labute approximate surface area is 130 Å². The number of hydrogen-bond donors (Lipinski definition) is 3. The van der Waals surface area contributed by atoms with E-state index >= 15 is 0 Å². The molecule has 0 aliphatic heterocycles. The summed E-state index contributed by atoms with van der Waals surface area (Å²) in [7, 11) is 0. The maximum atomic E-state index is 7.56. The van der Waals surface area contributed by atoms with Crippen LogP contribution in [-0.2, 0) is 11.8 Å². The summed E-state index contributed by atoms with van der Waals surface area (Å²) in [6.07, 6.45) is 0. The summed E-state index contributed by atoms with van der Waals surface area (Å²) in [5.74, 6) is 0. The van der Waals surface area contributed by atoms with E-state index in [2.05, 4.69) is 11.8 Å². The van der Waals surface area contributed by atoms with Crippen molar-refractivity contribution in [3.8, 4) is 0 Å². The van der Waals surface area contributed by atoms with Gasteiger partial charge in [0.05, 0.1) is 0 Å². The molecular weight excluding hydrogens is 326 g/mol. The number of rotatable bonds is 0. The summed E-state index contributed by atoms with van der Waals surface area (Å²) in [5.41, 5.74) is 0. The molecular formula is H28NaO15PS. The first-order valence-electron chi connectivity index (χ1n) is 0.783. The third kappa shape index (κ3) is 3980. The SMILES string of the molecule is O.O.O.O.O.O.O.O.O.O.O.O.OP(O)(O)=S.[H-].[Na+]. The van der Waals surface area contributed by atoms with Crippen molar-refractivity contribution in [2.75, 3.05) is 0 Å². The Morgan fingerprint density at radius 1 is 0.500 bits per heavy atom. The van der Waals surface area contributed by atoms with Crippen LogP contribution in [0.1, 0.15) is 1.43 Å². The molecule has 0 amide bonds. The first-order valence-corrected chi connectivity index (χ1v) is 3.44. The van der Waals surface area contributed by atoms with Crippen LogP contribution in [-0.4, -0.2) is 80.4 Å². The van der Waals surface area contributed by atoms with Crippen LogP contribution in [0.4, 0.5) is 0 Å². The largest absolute Gasteiger partial charge is 1.00 e. The molecule has 130 valence electrons. The van der Waals surface area contributed by atoms with Crippen LogP contribution in [0.15, 0.2) is 0 Å². The molecule has 0 aliphatic carbocycles. The average Bonchev–Trinajstić information content (AvgIpc) is 0.722. The van der Waals surface area contributed by atoms with Gasteiger partial charge in [-0.15, -0.1) is 0 Å². The number of hydrogen-bond acceptors (Lipinski definition) is 1. The summed E-state index contributed by atoms with van der Waals surface area (Å²) in [6.45, 7) is -3.81. The van der Waals surface area contributed by atoms with Gasteiger partial charge in [0, 0.05) is 0 Å². The van der Waals surface area contributed by atoms with Crippen LogP contribution in [0.5, 0.6) is 0 Å². The maximum absolute atomic E-state index is 7.56. The fraction of sp³-hybridized carbons (Fsp3) is 0. The summed E-state index contributed by atoms with van der Waals surface area (Å²) in [6, 6.07) is 0. The van der Waals surface area contributed by atoms with Gasteiger partial charge in [-0.2, -0.15) is 0 Å². The molecule has 0 radical (unpaired) electrons. The zero-order chi connectivity index (χ0) is 4.50. The molecule has 0 bridgehead atoms. The van der Waals surface area contributed by atoms with Gasteiger partial charge in [-0.25, -0.2) is 0 Å². The van der Waals surface area contributed by atoms with E-state index in [1.54, 1.807) is 0 Å². The van der Waals surface area contributed by atoms with Gasteiger partial charge >= 0.3 is 36.3 Å². The van der Waals surface area contributed by atoms with Crippen molar-refractivity contribution in [1.82, 2.24) is 0 Å². The van der Waals surface area contributed by atoms with E-state index in [0.29, 0.717) is 0 Å². The van der Waals surface area contributed by atoms with Crippen molar-refractivity contribution < 1.29 is 111 Å². The van der Waals surface area contributed by atoms with Gasteiger partial charge in [0.2, 0.25) is 0 Å². The third-order valence-electron chi connectivity index (χ3n) is 0. The fourth-order valence-corrected chi connectivity index (χ4v) is 0. The second-order valence-electron chi connectivity index (χ2n) is 0.513. The van der Waals surface area contributed by atoms with Gasteiger partial charge in [-0.05, 0) is 11.8 Å². The summed E-state index contributed by atoms with van der Waals surface area (Å²) < 4.78 is 0. The molecule has 18 heavy (non-hydrogen) atoms. The molecule has 0 aromatic heterocycles. The molecule has 15 nitrogen and oxygen atoms in total. The first-order chi connectivity index (χ1) is 2.00. The first kappa shape index (κ1) is 243. The minimum Gasteiger partial charge on any atom is -1.00 e. The van der Waals surface area contributed by atoms with Gasteiger partial charge in [0.15, 0.2) is 0 Å². The predicted molar refractivity (Wildman–Crippen MR) is 65.4 cm³/mol. The second-order valence-corrected chi connectivity index (χ2v) is 3.01. The smallest absolute Gasteiger partial charge is 1.00 e. The van der Waals surface area contributed by atoms with Crippen LogP contribution >= 0.6 is 6.72 Å². The van der Waals surface area contributed by atoms with Crippen molar-refractivity contribution in [2.45, 2.75) is 0 Å². The van der Waals surface area contributed by atoms with E-state index in [9.17, 15) is 0 Å². The van der Waals surface area contributed by atoms with E-state index in [4.69, 9.17) is 14.7 Å². The quantitative estimate of drug-likeness (QED) is 0.281. The van der Waals surface area contributed by atoms with Crippen molar-refractivity contribution in [2.24, 2.45) is 0 Å². The van der Waals surface area contributed by atoms with Gasteiger partial charge in [0.25, 0.3) is 0 Å². The van der Waals surface area contributed by atoms with E-state index in [-0.39, 0.29) is 96.7 Å². The molecule has 18 heteroatoms. The normalized spacial score (nSPS) is 3.28. The van der Waals surface area contributed by atoms with Gasteiger partial charge < -0.3 is 81.8 Å². The molecule has 27 N–H and O–H groups in total. The zero-order valence-electron chi connectivity index (χ0n) is 10.2. The van der Waals surface area contributed by atoms with Crippen molar-refractivity contribution in [3.63, 3.8) is 0 Å². The Morgan fingerprint density at radius 3 is 0.500 bits per heavy atom. The van der Waals surface area contributed by atoms with Gasteiger partial charge in [0.1, 0.15) is 0 Å². The van der Waals surface area contributed by atoms with Crippen LogP contribution < -0.4 is 29.6 Å². The zero-order valence-corrected chi connectivity index (χ0v) is 12.9. The van der Waals surface area contributed by atoms with Crippen molar-refractivity contribution in [3.05, 3.63) is 0 Å². The Balaban J connectivity index is -0.000000000879. The monoisotopic (exact) mass is 354 g/mol. The predicted octanol–water partition coefficient (Wildman–Crippen LogP) is -13.6. The molecule has 0 spiro atoms.